The first-order valence-electron chi connectivity index (χ1n) is 7.67. The maximum atomic E-state index is 12.5. The van der Waals surface area contributed by atoms with E-state index in [1.807, 2.05) is 17.5 Å². The third kappa shape index (κ3) is 3.03. The van der Waals surface area contributed by atoms with Crippen LogP contribution in [0.2, 0.25) is 0 Å². The molecule has 3 heteroatoms. The van der Waals surface area contributed by atoms with E-state index >= 15 is 0 Å². The number of benzene rings is 1. The maximum Gasteiger partial charge on any atom is 0.256 e. The van der Waals surface area contributed by atoms with Gasteiger partial charge in [0.2, 0.25) is 0 Å². The van der Waals surface area contributed by atoms with Crippen molar-refractivity contribution in [3.05, 3.63) is 51.2 Å². The average molecular weight is 299 g/mol. The Balaban J connectivity index is 1.76. The largest absolute Gasteiger partial charge is 0.322 e. The second-order valence-electron chi connectivity index (χ2n) is 5.90. The van der Waals surface area contributed by atoms with Crippen LogP contribution in [0.5, 0.6) is 0 Å². The van der Waals surface area contributed by atoms with Crippen molar-refractivity contribution in [1.82, 2.24) is 0 Å². The first-order chi connectivity index (χ1) is 10.2. The molecule has 0 fully saturated rings. The molecule has 2 aromatic rings. The summed E-state index contributed by atoms with van der Waals surface area (Å²) in [6, 6.07) is 8.11. The van der Waals surface area contributed by atoms with Gasteiger partial charge in [0.25, 0.3) is 5.91 Å². The van der Waals surface area contributed by atoms with Crippen molar-refractivity contribution in [1.29, 1.82) is 0 Å². The topological polar surface area (TPSA) is 29.1 Å². The van der Waals surface area contributed by atoms with Crippen LogP contribution in [0.25, 0.3) is 0 Å². The summed E-state index contributed by atoms with van der Waals surface area (Å²) < 4.78 is 0. The molecule has 21 heavy (non-hydrogen) atoms. The van der Waals surface area contributed by atoms with Crippen LogP contribution in [-0.4, -0.2) is 5.91 Å². The van der Waals surface area contributed by atoms with E-state index in [0.29, 0.717) is 0 Å². The number of anilines is 1. The molecular formula is C18H21NOS. The zero-order valence-electron chi connectivity index (χ0n) is 12.6. The van der Waals surface area contributed by atoms with Crippen molar-refractivity contribution < 1.29 is 4.79 Å². The molecule has 1 aromatic carbocycles. The summed E-state index contributed by atoms with van der Waals surface area (Å²) in [4.78, 5) is 13.9. The molecule has 1 unspecified atom stereocenters. The molecule has 3 rings (SSSR count). The van der Waals surface area contributed by atoms with Gasteiger partial charge in [-0.2, -0.15) is 0 Å². The standard InChI is InChI=1S/C18H21NOS/c1-3-13-5-7-14(8-6-13)19-18(20)16-11-21-17-10-12(2)4-9-15(16)17/h5-8,11-12H,3-4,9-10H2,1-2H3,(H,19,20). The molecule has 1 aliphatic rings. The quantitative estimate of drug-likeness (QED) is 0.875. The van der Waals surface area contributed by atoms with Crippen molar-refractivity contribution in [2.45, 2.75) is 39.5 Å². The number of nitrogens with one attached hydrogen (secondary N) is 1. The number of amides is 1. The predicted octanol–water partition coefficient (Wildman–Crippen LogP) is 4.69. The molecule has 0 saturated carbocycles. The van der Waals surface area contributed by atoms with Gasteiger partial charge in [-0.15, -0.1) is 11.3 Å². The summed E-state index contributed by atoms with van der Waals surface area (Å²) in [5.74, 6) is 0.778. The number of hydrogen-bond donors (Lipinski definition) is 1. The summed E-state index contributed by atoms with van der Waals surface area (Å²) >= 11 is 1.74. The van der Waals surface area contributed by atoms with Crippen molar-refractivity contribution in [2.24, 2.45) is 5.92 Å². The van der Waals surface area contributed by atoms with Gasteiger partial charge in [-0.1, -0.05) is 26.0 Å². The molecule has 110 valence electrons. The average Bonchev–Trinajstić information content (AvgIpc) is 2.91. The molecule has 1 heterocycles. The highest BCUT2D eigenvalue weighted by Crippen LogP contribution is 2.33. The summed E-state index contributed by atoms with van der Waals surface area (Å²) in [6.45, 7) is 4.42. The minimum Gasteiger partial charge on any atom is -0.322 e. The number of hydrogen-bond acceptors (Lipinski definition) is 2. The smallest absolute Gasteiger partial charge is 0.256 e. The van der Waals surface area contributed by atoms with E-state index in [9.17, 15) is 4.79 Å². The first-order valence-corrected chi connectivity index (χ1v) is 8.55. The van der Waals surface area contributed by atoms with Crippen LogP contribution in [0.4, 0.5) is 5.69 Å². The van der Waals surface area contributed by atoms with Gasteiger partial charge in [-0.25, -0.2) is 0 Å². The third-order valence-corrected chi connectivity index (χ3v) is 5.32. The van der Waals surface area contributed by atoms with Crippen molar-refractivity contribution >= 4 is 22.9 Å². The van der Waals surface area contributed by atoms with Crippen molar-refractivity contribution in [2.75, 3.05) is 5.32 Å². The van der Waals surface area contributed by atoms with Crippen LogP contribution in [0.15, 0.2) is 29.6 Å². The zero-order valence-corrected chi connectivity index (χ0v) is 13.4. The molecular weight excluding hydrogens is 278 g/mol. The van der Waals surface area contributed by atoms with Crippen molar-refractivity contribution in [3.8, 4) is 0 Å². The highest BCUT2D eigenvalue weighted by Gasteiger charge is 2.23. The van der Waals surface area contributed by atoms with Crippen molar-refractivity contribution in [3.63, 3.8) is 0 Å². The fourth-order valence-corrected chi connectivity index (χ4v) is 4.13. The minimum atomic E-state index is 0.0336. The molecule has 0 saturated heterocycles. The number of carbonyl (C=O) groups is 1. The molecule has 1 aliphatic carbocycles. The van der Waals surface area contributed by atoms with E-state index in [-0.39, 0.29) is 5.91 Å². The first kappa shape index (κ1) is 14.3. The molecule has 0 bridgehead atoms. The summed E-state index contributed by atoms with van der Waals surface area (Å²) in [7, 11) is 0. The molecule has 1 amide bonds. The normalized spacial score (nSPS) is 17.3. The van der Waals surface area contributed by atoms with Gasteiger partial charge in [0, 0.05) is 15.9 Å². The van der Waals surface area contributed by atoms with Crippen LogP contribution < -0.4 is 5.32 Å². The Morgan fingerprint density at radius 2 is 2.10 bits per heavy atom. The Bertz CT molecular complexity index is 642. The van der Waals surface area contributed by atoms with E-state index in [4.69, 9.17) is 0 Å². The maximum absolute atomic E-state index is 12.5. The van der Waals surface area contributed by atoms with Gasteiger partial charge >= 0.3 is 0 Å². The lowest BCUT2D eigenvalue weighted by Crippen LogP contribution is -2.16. The Hall–Kier alpha value is -1.61. The second-order valence-corrected chi connectivity index (χ2v) is 6.87. The molecule has 0 radical (unpaired) electrons. The molecule has 1 aromatic heterocycles. The Labute approximate surface area is 130 Å². The second kappa shape index (κ2) is 6.02. The summed E-state index contributed by atoms with van der Waals surface area (Å²) in [5.41, 5.74) is 4.32. The van der Waals surface area contributed by atoms with E-state index in [0.717, 1.165) is 36.4 Å². The summed E-state index contributed by atoms with van der Waals surface area (Å²) in [5, 5.41) is 5.05. The van der Waals surface area contributed by atoms with Gasteiger partial charge in [0.15, 0.2) is 0 Å². The van der Waals surface area contributed by atoms with E-state index in [1.165, 1.54) is 22.4 Å². The number of thiophene rings is 1. The van der Waals surface area contributed by atoms with Crippen LogP contribution in [-0.2, 0) is 19.3 Å². The Morgan fingerprint density at radius 1 is 1.33 bits per heavy atom. The lowest BCUT2D eigenvalue weighted by Gasteiger charge is -2.18. The van der Waals surface area contributed by atoms with Gasteiger partial charge in [0.1, 0.15) is 0 Å². The van der Waals surface area contributed by atoms with Crippen LogP contribution in [0.1, 0.15) is 46.6 Å². The highest BCUT2D eigenvalue weighted by molar-refractivity contribution is 7.10. The summed E-state index contributed by atoms with van der Waals surface area (Å²) in [6.07, 6.45) is 4.37. The van der Waals surface area contributed by atoms with Crippen LogP contribution in [0.3, 0.4) is 0 Å². The third-order valence-electron chi connectivity index (χ3n) is 4.27. The molecule has 0 aliphatic heterocycles. The minimum absolute atomic E-state index is 0.0336. The zero-order chi connectivity index (χ0) is 14.8. The lowest BCUT2D eigenvalue weighted by molar-refractivity contribution is 0.102. The number of rotatable bonds is 3. The fraction of sp³-hybridized carbons (Fsp3) is 0.389. The van der Waals surface area contributed by atoms with Gasteiger partial charge < -0.3 is 5.32 Å². The fourth-order valence-electron chi connectivity index (χ4n) is 2.89. The lowest BCUT2D eigenvalue weighted by atomic mass is 9.88. The number of aryl methyl sites for hydroxylation is 1. The Morgan fingerprint density at radius 3 is 2.81 bits per heavy atom. The Kier molecular flexibility index (Phi) is 4.11. The van der Waals surface area contributed by atoms with E-state index in [2.05, 4.69) is 31.3 Å². The molecule has 1 atom stereocenters. The van der Waals surface area contributed by atoms with Crippen LogP contribution in [0, 0.1) is 5.92 Å². The highest BCUT2D eigenvalue weighted by atomic mass is 32.1. The van der Waals surface area contributed by atoms with E-state index < -0.39 is 0 Å². The van der Waals surface area contributed by atoms with Gasteiger partial charge in [0.05, 0.1) is 5.56 Å². The number of fused-ring (bicyclic) bond motifs is 1. The van der Waals surface area contributed by atoms with Gasteiger partial charge in [-0.05, 0) is 54.9 Å². The number of carbonyl (C=O) groups excluding carboxylic acids is 1. The molecule has 1 N–H and O–H groups in total. The monoisotopic (exact) mass is 299 g/mol. The molecule has 0 spiro atoms. The van der Waals surface area contributed by atoms with E-state index in [1.54, 1.807) is 11.3 Å². The predicted molar refractivity (Wildman–Crippen MR) is 89.3 cm³/mol. The van der Waals surface area contributed by atoms with Gasteiger partial charge in [-0.3, -0.25) is 4.79 Å². The molecule has 2 nitrogen and oxygen atoms in total. The SMILES string of the molecule is CCc1ccc(NC(=O)c2csc3c2CCC(C)C3)cc1. The van der Waals surface area contributed by atoms with Crippen LogP contribution >= 0.6 is 11.3 Å².